The smallest absolute Gasteiger partial charge is 0.450 e. The Kier molecular flexibility index (Phi) is 47.3. The van der Waals surface area contributed by atoms with Gasteiger partial charge in [-0.05, 0) is 0 Å². The molecular weight excluding hydrogens is 287 g/mol. The number of carboxylic acid groups (broad SMARTS) is 6. The van der Waals surface area contributed by atoms with E-state index >= 15 is 0 Å². The van der Waals surface area contributed by atoms with Gasteiger partial charge in [0.25, 0.3) is 0 Å². The van der Waals surface area contributed by atoms with Crippen molar-refractivity contribution in [3.8, 4) is 0 Å². The van der Waals surface area contributed by atoms with E-state index in [9.17, 15) is 0 Å². The van der Waals surface area contributed by atoms with Crippen molar-refractivity contribution in [1.82, 2.24) is 0 Å². The minimum atomic E-state index is -1.83. The average Bonchev–Trinajstić information content (AvgIpc) is 1.54. The Labute approximate surface area is 95.5 Å². The van der Waals surface area contributed by atoms with Gasteiger partial charge in [0.15, 0.2) is 0 Å². The first kappa shape index (κ1) is 29.3. The second kappa shape index (κ2) is 22.6. The van der Waals surface area contributed by atoms with Crippen LogP contribution in [-0.2, 0) is 26.2 Å². The minimum Gasteiger partial charge on any atom is -0.450 e. The summed E-state index contributed by atoms with van der Waals surface area (Å²) in [6.07, 6.45) is -5.50. The zero-order chi connectivity index (χ0) is 10.7. The summed E-state index contributed by atoms with van der Waals surface area (Å²) in [4.78, 5) is 25.7. The van der Waals surface area contributed by atoms with Crippen molar-refractivity contribution in [2.45, 2.75) is 0 Å². The molecule has 10 nitrogen and oxygen atoms in total. The van der Waals surface area contributed by atoms with Crippen molar-refractivity contribution >= 4 is 18.5 Å². The van der Waals surface area contributed by atoms with Crippen molar-refractivity contribution in [3.05, 3.63) is 0 Å². The van der Waals surface area contributed by atoms with Gasteiger partial charge >= 0.3 is 18.5 Å². The molecule has 0 rings (SSSR count). The summed E-state index contributed by atoms with van der Waals surface area (Å²) in [5.41, 5.74) is 0. The monoisotopic (exact) mass is 294 g/mol. The maximum absolute atomic E-state index is 8.56. The summed E-state index contributed by atoms with van der Waals surface area (Å²) in [5.74, 6) is 0. The summed E-state index contributed by atoms with van der Waals surface area (Å²) < 4.78 is 0. The van der Waals surface area contributed by atoms with E-state index in [2.05, 4.69) is 0 Å². The van der Waals surface area contributed by atoms with E-state index in [0.717, 1.165) is 0 Å². The molecule has 0 atom stereocenters. The van der Waals surface area contributed by atoms with Crippen LogP contribution in [0.4, 0.5) is 14.4 Å². The van der Waals surface area contributed by atoms with Crippen LogP contribution < -0.4 is 0 Å². The van der Waals surface area contributed by atoms with Gasteiger partial charge in [-0.25, -0.2) is 14.4 Å². The van der Waals surface area contributed by atoms with E-state index in [-0.39, 0.29) is 31.7 Å². The average molecular weight is 295 g/mol. The molecule has 0 bridgehead atoms. The van der Waals surface area contributed by atoms with Crippen molar-refractivity contribution in [3.63, 3.8) is 0 Å². The molecule has 0 spiro atoms. The zero-order valence-corrected chi connectivity index (χ0v) is 8.87. The van der Waals surface area contributed by atoms with Crippen LogP contribution in [0.2, 0.25) is 0 Å². The number of hydrogen-bond donors (Lipinski definition) is 6. The Hall–Kier alpha value is -1.35. The maximum Gasteiger partial charge on any atom is 0.503 e. The van der Waals surface area contributed by atoms with Crippen LogP contribution in [0.1, 0.15) is 0 Å². The van der Waals surface area contributed by atoms with E-state index < -0.39 is 18.5 Å². The van der Waals surface area contributed by atoms with Crippen LogP contribution in [0.25, 0.3) is 0 Å². The number of hydrogen-bond acceptors (Lipinski definition) is 3. The van der Waals surface area contributed by atoms with E-state index in [1.165, 1.54) is 0 Å². The minimum absolute atomic E-state index is 0. The molecule has 0 aromatic heterocycles. The molecule has 0 unspecified atom stereocenters. The SMILES string of the molecule is O.O=C(O)O.O=C(O)O.O=C(O)O.[Zr]. The van der Waals surface area contributed by atoms with Gasteiger partial charge < -0.3 is 36.1 Å². The fraction of sp³-hybridized carbons (Fsp3) is 0. The largest absolute Gasteiger partial charge is 0.503 e. The first-order valence-corrected chi connectivity index (χ1v) is 1.95. The molecule has 0 fully saturated rings. The Morgan fingerprint density at radius 1 is 0.571 bits per heavy atom. The van der Waals surface area contributed by atoms with Gasteiger partial charge in [0.1, 0.15) is 0 Å². The van der Waals surface area contributed by atoms with Crippen molar-refractivity contribution in [2.24, 2.45) is 0 Å². The van der Waals surface area contributed by atoms with Gasteiger partial charge in [-0.2, -0.15) is 0 Å². The van der Waals surface area contributed by atoms with Crippen LogP contribution in [0.5, 0.6) is 0 Å². The molecule has 84 valence electrons. The zero-order valence-electron chi connectivity index (χ0n) is 6.41. The fourth-order valence-corrected chi connectivity index (χ4v) is 0. The molecule has 14 heavy (non-hydrogen) atoms. The molecule has 8 N–H and O–H groups in total. The summed E-state index contributed by atoms with van der Waals surface area (Å²) in [7, 11) is 0. The number of carbonyl (C=O) groups is 3. The van der Waals surface area contributed by atoms with E-state index in [0.29, 0.717) is 0 Å². The fourth-order valence-electron chi connectivity index (χ4n) is 0. The molecule has 0 aliphatic carbocycles. The van der Waals surface area contributed by atoms with Gasteiger partial charge in [-0.1, -0.05) is 0 Å². The molecule has 0 saturated heterocycles. The molecule has 0 aliphatic heterocycles. The van der Waals surface area contributed by atoms with Crippen LogP contribution in [-0.4, -0.2) is 54.6 Å². The Balaban J connectivity index is -0.0000000270. The van der Waals surface area contributed by atoms with Gasteiger partial charge in [0.05, 0.1) is 0 Å². The second-order valence-electron chi connectivity index (χ2n) is 0.848. The number of rotatable bonds is 0. The van der Waals surface area contributed by atoms with Crippen molar-refractivity contribution < 1.29 is 76.7 Å². The topological polar surface area (TPSA) is 204 Å². The van der Waals surface area contributed by atoms with E-state index in [1.807, 2.05) is 0 Å². The van der Waals surface area contributed by atoms with Gasteiger partial charge in [0, 0.05) is 26.2 Å². The van der Waals surface area contributed by atoms with Crippen molar-refractivity contribution in [2.75, 3.05) is 0 Å². The second-order valence-corrected chi connectivity index (χ2v) is 0.848. The Bertz CT molecular complexity index is 113. The van der Waals surface area contributed by atoms with Crippen LogP contribution in [0, 0.1) is 0 Å². The predicted octanol–water partition coefficient (Wildman–Crippen LogP) is -0.160. The summed E-state index contributed by atoms with van der Waals surface area (Å²) >= 11 is 0. The van der Waals surface area contributed by atoms with E-state index in [1.54, 1.807) is 0 Å². The molecule has 0 saturated carbocycles. The van der Waals surface area contributed by atoms with Gasteiger partial charge in [-0.15, -0.1) is 0 Å². The normalized spacial score (nSPS) is 5.14. The standard InChI is InChI=1S/3CH2O3.H2O.Zr/c3*2-1(3)4;;/h3*(H2,2,3,4);1H2;. The first-order valence-electron chi connectivity index (χ1n) is 1.95. The van der Waals surface area contributed by atoms with Crippen LogP contribution in [0.15, 0.2) is 0 Å². The third kappa shape index (κ3) is 547. The maximum atomic E-state index is 8.56. The molecule has 0 aromatic rings. The Morgan fingerprint density at radius 3 is 0.571 bits per heavy atom. The predicted molar refractivity (Wildman–Crippen MR) is 35.6 cm³/mol. The summed E-state index contributed by atoms with van der Waals surface area (Å²) in [6, 6.07) is 0. The molecule has 0 heterocycles. The molecule has 0 amide bonds. The van der Waals surface area contributed by atoms with Gasteiger partial charge in [-0.3, -0.25) is 0 Å². The summed E-state index contributed by atoms with van der Waals surface area (Å²) in [5, 5.41) is 41.8. The van der Waals surface area contributed by atoms with Crippen LogP contribution in [0.3, 0.4) is 0 Å². The third-order valence-corrected chi connectivity index (χ3v) is 0. The quantitative estimate of drug-likeness (QED) is 0.350. The van der Waals surface area contributed by atoms with Crippen molar-refractivity contribution in [1.29, 1.82) is 0 Å². The van der Waals surface area contributed by atoms with Crippen LogP contribution >= 0.6 is 0 Å². The Morgan fingerprint density at radius 2 is 0.571 bits per heavy atom. The van der Waals surface area contributed by atoms with Gasteiger partial charge in [0.2, 0.25) is 0 Å². The molecule has 0 aliphatic rings. The third-order valence-electron chi connectivity index (χ3n) is 0. The first-order chi connectivity index (χ1) is 5.20. The van der Waals surface area contributed by atoms with E-state index in [4.69, 9.17) is 45.0 Å². The molecule has 11 heteroatoms. The molecular formula is C3H8O10Zr. The molecule has 0 radical (unpaired) electrons. The summed E-state index contributed by atoms with van der Waals surface area (Å²) in [6.45, 7) is 0. The molecule has 0 aromatic carbocycles.